The second kappa shape index (κ2) is 6.68. The third-order valence-electron chi connectivity index (χ3n) is 2.96. The molecule has 4 N–H and O–H groups in total. The monoisotopic (exact) mass is 270 g/mol. The van der Waals surface area contributed by atoms with Crippen LogP contribution in [0.5, 0.6) is 0 Å². The predicted molar refractivity (Wildman–Crippen MR) is 79.8 cm³/mol. The minimum Gasteiger partial charge on any atom is -0.395 e. The number of pyridine rings is 1. The first-order valence-corrected chi connectivity index (χ1v) is 6.41. The van der Waals surface area contributed by atoms with Crippen LogP contribution in [0.1, 0.15) is 11.1 Å². The summed E-state index contributed by atoms with van der Waals surface area (Å²) in [6, 6.07) is 13.4. The van der Waals surface area contributed by atoms with Crippen LogP contribution >= 0.6 is 0 Å². The number of nitrogens with two attached hydrogens (primary N) is 1. The first kappa shape index (κ1) is 14.0. The van der Waals surface area contributed by atoms with Gasteiger partial charge >= 0.3 is 0 Å². The zero-order chi connectivity index (χ0) is 14.4. The lowest BCUT2D eigenvalue weighted by Crippen LogP contribution is -2.29. The van der Waals surface area contributed by atoms with Crippen molar-refractivity contribution >= 4 is 11.7 Å². The molecule has 0 spiro atoms. The number of anilines is 1. The molecule has 0 fully saturated rings. The Morgan fingerprint density at radius 3 is 2.60 bits per heavy atom. The SMILES string of the molecule is N=C(N)c1cccnc1N(CCO)Cc1ccccc1. The van der Waals surface area contributed by atoms with Crippen molar-refractivity contribution in [1.82, 2.24) is 4.98 Å². The highest BCUT2D eigenvalue weighted by Gasteiger charge is 2.14. The molecule has 0 aliphatic rings. The predicted octanol–water partition coefficient (Wildman–Crippen LogP) is 1.36. The Hall–Kier alpha value is -2.40. The highest BCUT2D eigenvalue weighted by molar-refractivity contribution is 5.99. The van der Waals surface area contributed by atoms with Crippen LogP contribution in [-0.2, 0) is 6.54 Å². The summed E-state index contributed by atoms with van der Waals surface area (Å²) in [5.41, 5.74) is 7.29. The average Bonchev–Trinajstić information content (AvgIpc) is 2.48. The summed E-state index contributed by atoms with van der Waals surface area (Å²) >= 11 is 0. The molecule has 0 saturated heterocycles. The number of aliphatic hydroxyl groups excluding tert-OH is 1. The molecule has 0 saturated carbocycles. The average molecular weight is 270 g/mol. The van der Waals surface area contributed by atoms with Gasteiger partial charge in [0.1, 0.15) is 11.7 Å². The maximum absolute atomic E-state index is 9.25. The van der Waals surface area contributed by atoms with E-state index >= 15 is 0 Å². The van der Waals surface area contributed by atoms with Crippen molar-refractivity contribution in [3.63, 3.8) is 0 Å². The first-order valence-electron chi connectivity index (χ1n) is 6.41. The van der Waals surface area contributed by atoms with Crippen LogP contribution in [0, 0.1) is 5.41 Å². The number of nitrogens with one attached hydrogen (secondary N) is 1. The number of aromatic nitrogens is 1. The van der Waals surface area contributed by atoms with Crippen molar-refractivity contribution < 1.29 is 5.11 Å². The second-order valence-corrected chi connectivity index (χ2v) is 4.42. The van der Waals surface area contributed by atoms with E-state index in [1.165, 1.54) is 0 Å². The lowest BCUT2D eigenvalue weighted by atomic mass is 10.2. The standard InChI is InChI=1S/C15H18N4O/c16-14(17)13-7-4-8-18-15(13)19(9-10-20)11-12-5-2-1-3-6-12/h1-8,20H,9-11H2,(H3,16,17). The molecule has 104 valence electrons. The molecular formula is C15H18N4O. The molecule has 0 atom stereocenters. The topological polar surface area (TPSA) is 86.2 Å². The molecule has 0 amide bonds. The van der Waals surface area contributed by atoms with Crippen molar-refractivity contribution in [3.8, 4) is 0 Å². The van der Waals surface area contributed by atoms with E-state index < -0.39 is 0 Å². The van der Waals surface area contributed by atoms with Gasteiger partial charge in [0.25, 0.3) is 0 Å². The fraction of sp³-hybridized carbons (Fsp3) is 0.200. The molecule has 5 heteroatoms. The summed E-state index contributed by atoms with van der Waals surface area (Å²) in [6.45, 7) is 1.06. The lowest BCUT2D eigenvalue weighted by Gasteiger charge is -2.24. The van der Waals surface area contributed by atoms with Crippen molar-refractivity contribution in [2.45, 2.75) is 6.54 Å². The van der Waals surface area contributed by atoms with Crippen LogP contribution in [0.4, 0.5) is 5.82 Å². The summed E-state index contributed by atoms with van der Waals surface area (Å²) in [5, 5.41) is 16.9. The van der Waals surface area contributed by atoms with Gasteiger partial charge in [-0.25, -0.2) is 4.98 Å². The number of aliphatic hydroxyl groups is 1. The lowest BCUT2D eigenvalue weighted by molar-refractivity contribution is 0.301. The van der Waals surface area contributed by atoms with Gasteiger partial charge in [-0.05, 0) is 17.7 Å². The van der Waals surface area contributed by atoms with E-state index in [1.807, 2.05) is 35.2 Å². The molecular weight excluding hydrogens is 252 g/mol. The number of benzene rings is 1. The number of amidine groups is 1. The summed E-state index contributed by atoms with van der Waals surface area (Å²) < 4.78 is 0. The van der Waals surface area contributed by atoms with Gasteiger partial charge in [-0.1, -0.05) is 30.3 Å². The van der Waals surface area contributed by atoms with Crippen LogP contribution in [0.2, 0.25) is 0 Å². The Kier molecular flexibility index (Phi) is 4.68. The maximum atomic E-state index is 9.25. The van der Waals surface area contributed by atoms with Crippen molar-refractivity contribution in [1.29, 1.82) is 5.41 Å². The van der Waals surface area contributed by atoms with E-state index in [0.29, 0.717) is 24.5 Å². The van der Waals surface area contributed by atoms with E-state index in [-0.39, 0.29) is 12.4 Å². The maximum Gasteiger partial charge on any atom is 0.139 e. The number of hydrogen-bond acceptors (Lipinski definition) is 4. The summed E-state index contributed by atoms with van der Waals surface area (Å²) in [4.78, 5) is 6.23. The quantitative estimate of drug-likeness (QED) is 0.546. The molecule has 2 rings (SSSR count). The third kappa shape index (κ3) is 3.33. The van der Waals surface area contributed by atoms with E-state index in [0.717, 1.165) is 5.56 Å². The fourth-order valence-electron chi connectivity index (χ4n) is 2.04. The highest BCUT2D eigenvalue weighted by Crippen LogP contribution is 2.19. The van der Waals surface area contributed by atoms with Gasteiger partial charge in [0, 0.05) is 19.3 Å². The van der Waals surface area contributed by atoms with E-state index in [4.69, 9.17) is 11.1 Å². The van der Waals surface area contributed by atoms with Gasteiger partial charge in [0.15, 0.2) is 0 Å². The molecule has 2 aromatic rings. The van der Waals surface area contributed by atoms with E-state index in [2.05, 4.69) is 4.98 Å². The van der Waals surface area contributed by atoms with Gasteiger partial charge < -0.3 is 15.7 Å². The molecule has 1 heterocycles. The molecule has 0 aliphatic heterocycles. The number of nitrogens with zero attached hydrogens (tertiary/aromatic N) is 2. The molecule has 1 aromatic heterocycles. The summed E-state index contributed by atoms with van der Waals surface area (Å²) in [5.74, 6) is 0.599. The Morgan fingerprint density at radius 1 is 1.20 bits per heavy atom. The number of hydrogen-bond donors (Lipinski definition) is 3. The number of nitrogen functional groups attached to an aromatic ring is 1. The van der Waals surface area contributed by atoms with Crippen LogP contribution in [0.3, 0.4) is 0 Å². The smallest absolute Gasteiger partial charge is 0.139 e. The molecule has 20 heavy (non-hydrogen) atoms. The Balaban J connectivity index is 2.31. The molecule has 0 bridgehead atoms. The number of rotatable bonds is 6. The molecule has 1 aromatic carbocycles. The zero-order valence-corrected chi connectivity index (χ0v) is 11.2. The van der Waals surface area contributed by atoms with Crippen LogP contribution < -0.4 is 10.6 Å². The van der Waals surface area contributed by atoms with Crippen LogP contribution in [-0.4, -0.2) is 29.1 Å². The summed E-state index contributed by atoms with van der Waals surface area (Å²) in [7, 11) is 0. The van der Waals surface area contributed by atoms with Gasteiger partial charge in [-0.15, -0.1) is 0 Å². The summed E-state index contributed by atoms with van der Waals surface area (Å²) in [6.07, 6.45) is 1.66. The Labute approximate surface area is 118 Å². The fourth-order valence-corrected chi connectivity index (χ4v) is 2.04. The van der Waals surface area contributed by atoms with Gasteiger partial charge in [-0.3, -0.25) is 5.41 Å². The normalized spacial score (nSPS) is 10.2. The largest absolute Gasteiger partial charge is 0.395 e. The first-order chi connectivity index (χ1) is 9.72. The third-order valence-corrected chi connectivity index (χ3v) is 2.96. The van der Waals surface area contributed by atoms with Crippen LogP contribution in [0.15, 0.2) is 48.7 Å². The minimum atomic E-state index is -0.0240. The van der Waals surface area contributed by atoms with E-state index in [9.17, 15) is 5.11 Å². The van der Waals surface area contributed by atoms with Gasteiger partial charge in [-0.2, -0.15) is 0 Å². The molecule has 0 aliphatic carbocycles. The molecule has 0 radical (unpaired) electrons. The van der Waals surface area contributed by atoms with Crippen LogP contribution in [0.25, 0.3) is 0 Å². The minimum absolute atomic E-state index is 0.0146. The Morgan fingerprint density at radius 2 is 1.95 bits per heavy atom. The highest BCUT2D eigenvalue weighted by atomic mass is 16.3. The van der Waals surface area contributed by atoms with E-state index in [1.54, 1.807) is 18.3 Å². The van der Waals surface area contributed by atoms with Crippen molar-refractivity contribution in [2.75, 3.05) is 18.1 Å². The zero-order valence-electron chi connectivity index (χ0n) is 11.2. The van der Waals surface area contributed by atoms with Crippen molar-refractivity contribution in [3.05, 3.63) is 59.8 Å². The van der Waals surface area contributed by atoms with Gasteiger partial charge in [0.2, 0.25) is 0 Å². The van der Waals surface area contributed by atoms with Crippen molar-refractivity contribution in [2.24, 2.45) is 5.73 Å². The molecule has 5 nitrogen and oxygen atoms in total. The Bertz CT molecular complexity index is 571. The van der Waals surface area contributed by atoms with Gasteiger partial charge in [0.05, 0.1) is 12.2 Å². The second-order valence-electron chi connectivity index (χ2n) is 4.42. The molecule has 0 unspecified atom stereocenters.